The molecule has 0 aromatic heterocycles. The number of nitrogens with zero attached hydrogens (tertiary/aromatic N) is 2. The molecule has 1 spiro atoms. The maximum absolute atomic E-state index is 9.29. The minimum atomic E-state index is -0.520. The van der Waals surface area contributed by atoms with E-state index in [1.165, 1.54) is 32.4 Å². The van der Waals surface area contributed by atoms with Crippen molar-refractivity contribution in [1.29, 1.82) is 10.5 Å². The molecule has 0 bridgehead atoms. The predicted octanol–water partition coefficient (Wildman–Crippen LogP) is 1.20. The lowest BCUT2D eigenvalue weighted by Gasteiger charge is -2.43. The summed E-state index contributed by atoms with van der Waals surface area (Å²) in [7, 11) is 2.28. The Morgan fingerprint density at radius 3 is 2.00 bits per heavy atom. The summed E-state index contributed by atoms with van der Waals surface area (Å²) in [4.78, 5) is 1.71. The van der Waals surface area contributed by atoms with Gasteiger partial charge in [-0.2, -0.15) is 10.5 Å². The Morgan fingerprint density at radius 1 is 1.00 bits per heavy atom. The SMILES string of the molecule is C[NH+]1CCCCC1.N#CC1=C(N)NC([S-])=C(C#N)C12CCCCC2. The molecule has 2 fully saturated rings. The molecule has 4 N–H and O–H groups in total. The van der Waals surface area contributed by atoms with E-state index in [2.05, 4.69) is 24.5 Å². The third kappa shape index (κ3) is 3.83. The molecule has 1 saturated heterocycles. The van der Waals surface area contributed by atoms with E-state index in [4.69, 9.17) is 18.4 Å². The smallest absolute Gasteiger partial charge is 0.114 e. The number of allylic oxidation sites excluding steroid dienone is 2. The first-order valence-electron chi connectivity index (χ1n) is 8.85. The first kappa shape index (κ1) is 18.6. The highest BCUT2D eigenvalue weighted by atomic mass is 32.1. The Balaban J connectivity index is 0.000000249. The average Bonchev–Trinajstić information content (AvgIpc) is 2.57. The fraction of sp³-hybridized carbons (Fsp3) is 0.667. The van der Waals surface area contributed by atoms with Crippen molar-refractivity contribution < 1.29 is 4.90 Å². The monoisotopic (exact) mass is 345 g/mol. The highest BCUT2D eigenvalue weighted by molar-refractivity contribution is 7.63. The van der Waals surface area contributed by atoms with Gasteiger partial charge in [0.15, 0.2) is 0 Å². The molecule has 24 heavy (non-hydrogen) atoms. The van der Waals surface area contributed by atoms with Crippen LogP contribution in [0, 0.1) is 28.1 Å². The largest absolute Gasteiger partial charge is 0.761 e. The molecule has 0 atom stereocenters. The molecule has 3 aliphatic rings. The molecule has 0 aromatic carbocycles. The van der Waals surface area contributed by atoms with Gasteiger partial charge in [0.25, 0.3) is 0 Å². The topological polar surface area (TPSA) is 90.1 Å². The zero-order chi connectivity index (χ0) is 17.6. The molecule has 2 heterocycles. The van der Waals surface area contributed by atoms with E-state index in [9.17, 15) is 10.5 Å². The Morgan fingerprint density at radius 2 is 1.54 bits per heavy atom. The number of nitrogens with one attached hydrogen (secondary N) is 2. The molecule has 0 aromatic rings. The number of likely N-dealkylation sites (tertiary alicyclic amines) is 1. The summed E-state index contributed by atoms with van der Waals surface area (Å²) in [6, 6.07) is 4.33. The molecule has 1 aliphatic carbocycles. The van der Waals surface area contributed by atoms with Gasteiger partial charge in [0.05, 0.1) is 37.8 Å². The van der Waals surface area contributed by atoms with E-state index in [0.29, 0.717) is 22.0 Å². The number of nitriles is 2. The van der Waals surface area contributed by atoms with Gasteiger partial charge in [-0.15, -0.1) is 0 Å². The Kier molecular flexibility index (Phi) is 6.48. The van der Waals surface area contributed by atoms with Gasteiger partial charge in [0, 0.05) is 11.0 Å². The van der Waals surface area contributed by atoms with Crippen molar-refractivity contribution in [3.8, 4) is 12.1 Å². The summed E-state index contributed by atoms with van der Waals surface area (Å²) in [5, 5.41) is 21.7. The van der Waals surface area contributed by atoms with E-state index in [1.807, 2.05) is 0 Å². The molecule has 0 radical (unpaired) electrons. The minimum absolute atomic E-state index is 0.318. The number of quaternary nitrogens is 1. The number of dihydropyridines is 1. The minimum Gasteiger partial charge on any atom is -0.761 e. The third-order valence-electron chi connectivity index (χ3n) is 5.34. The highest BCUT2D eigenvalue weighted by Crippen LogP contribution is 2.50. The zero-order valence-corrected chi connectivity index (χ0v) is 15.3. The Hall–Kier alpha value is -1.76. The third-order valence-corrected chi connectivity index (χ3v) is 5.65. The highest BCUT2D eigenvalue weighted by Gasteiger charge is 2.43. The van der Waals surface area contributed by atoms with Crippen molar-refractivity contribution in [2.75, 3.05) is 20.1 Å². The lowest BCUT2D eigenvalue weighted by molar-refractivity contribution is -0.884. The lowest BCUT2D eigenvalue weighted by atomic mass is 9.64. The van der Waals surface area contributed by atoms with Crippen LogP contribution in [0.4, 0.5) is 0 Å². The molecule has 5 nitrogen and oxygen atoms in total. The van der Waals surface area contributed by atoms with Gasteiger partial charge in [-0.3, -0.25) is 0 Å². The Labute approximate surface area is 150 Å². The second-order valence-corrected chi connectivity index (χ2v) is 7.41. The van der Waals surface area contributed by atoms with Gasteiger partial charge in [-0.1, -0.05) is 24.3 Å². The van der Waals surface area contributed by atoms with Crippen LogP contribution in [0.15, 0.2) is 22.0 Å². The average molecular weight is 346 g/mol. The summed E-state index contributed by atoms with van der Waals surface area (Å²) < 4.78 is 0. The van der Waals surface area contributed by atoms with Gasteiger partial charge >= 0.3 is 0 Å². The summed E-state index contributed by atoms with van der Waals surface area (Å²) in [5.74, 6) is 0.318. The number of hydrogen-bond donors (Lipinski definition) is 3. The van der Waals surface area contributed by atoms with Crippen LogP contribution < -0.4 is 16.0 Å². The number of hydrogen-bond acceptors (Lipinski definition) is 5. The summed E-state index contributed by atoms with van der Waals surface area (Å²) in [6.07, 6.45) is 9.11. The van der Waals surface area contributed by atoms with Crippen LogP contribution in [-0.4, -0.2) is 20.1 Å². The first-order chi connectivity index (χ1) is 11.5. The fourth-order valence-electron chi connectivity index (χ4n) is 3.98. The predicted molar refractivity (Wildman–Crippen MR) is 96.0 cm³/mol. The summed E-state index contributed by atoms with van der Waals surface area (Å²) in [5.41, 5.74) is 6.32. The van der Waals surface area contributed by atoms with Crippen molar-refractivity contribution in [2.45, 2.75) is 51.4 Å². The number of piperidine rings is 1. The van der Waals surface area contributed by atoms with Gasteiger partial charge in [0.2, 0.25) is 0 Å². The molecule has 1 saturated carbocycles. The van der Waals surface area contributed by atoms with Crippen molar-refractivity contribution in [3.63, 3.8) is 0 Å². The first-order valence-corrected chi connectivity index (χ1v) is 9.26. The lowest BCUT2D eigenvalue weighted by Crippen LogP contribution is -3.09. The second-order valence-electron chi connectivity index (χ2n) is 7.00. The molecule has 2 aliphatic heterocycles. The summed E-state index contributed by atoms with van der Waals surface area (Å²) in [6.45, 7) is 2.81. The molecule has 3 rings (SSSR count). The van der Waals surface area contributed by atoms with Crippen LogP contribution in [0.1, 0.15) is 51.4 Å². The van der Waals surface area contributed by atoms with Crippen LogP contribution in [-0.2, 0) is 12.6 Å². The van der Waals surface area contributed by atoms with E-state index in [1.54, 1.807) is 4.90 Å². The van der Waals surface area contributed by atoms with Crippen LogP contribution in [0.3, 0.4) is 0 Å². The van der Waals surface area contributed by atoms with Crippen molar-refractivity contribution in [2.24, 2.45) is 11.1 Å². The quantitative estimate of drug-likeness (QED) is 0.574. The zero-order valence-electron chi connectivity index (χ0n) is 14.5. The van der Waals surface area contributed by atoms with Crippen LogP contribution in [0.2, 0.25) is 0 Å². The van der Waals surface area contributed by atoms with E-state index in [-0.39, 0.29) is 0 Å². The van der Waals surface area contributed by atoms with E-state index in [0.717, 1.165) is 32.1 Å². The second kappa shape index (κ2) is 8.37. The summed E-state index contributed by atoms with van der Waals surface area (Å²) >= 11 is 5.16. The van der Waals surface area contributed by atoms with E-state index < -0.39 is 5.41 Å². The molecule has 130 valence electrons. The standard InChI is InChI=1S/C12H14N4S.C6H13N/c13-6-8-10(15)16-11(17)9(7-14)12(8)4-2-1-3-5-12;1-7-5-3-2-4-6-7/h16-17H,1-5,15H2;2-6H2,1H3. The molecular weight excluding hydrogens is 318 g/mol. The van der Waals surface area contributed by atoms with Gasteiger partial charge in [0.1, 0.15) is 5.82 Å². The number of rotatable bonds is 0. The molecule has 0 amide bonds. The molecule has 0 unspecified atom stereocenters. The normalized spacial score (nSPS) is 23.6. The van der Waals surface area contributed by atoms with Crippen molar-refractivity contribution in [1.82, 2.24) is 5.32 Å². The fourth-order valence-corrected chi connectivity index (χ4v) is 4.33. The maximum atomic E-state index is 9.29. The maximum Gasteiger partial charge on any atom is 0.114 e. The van der Waals surface area contributed by atoms with Crippen molar-refractivity contribution >= 4 is 12.6 Å². The number of nitrogens with two attached hydrogens (primary N) is 1. The molecular formula is C18H27N5S. The van der Waals surface area contributed by atoms with Gasteiger partial charge in [-0.05, 0) is 32.1 Å². The van der Waals surface area contributed by atoms with Crippen molar-refractivity contribution in [3.05, 3.63) is 22.0 Å². The van der Waals surface area contributed by atoms with Crippen LogP contribution in [0.5, 0.6) is 0 Å². The van der Waals surface area contributed by atoms with Crippen LogP contribution >= 0.6 is 0 Å². The Bertz CT molecular complexity index is 558. The van der Waals surface area contributed by atoms with Gasteiger partial charge < -0.3 is 28.6 Å². The van der Waals surface area contributed by atoms with Gasteiger partial charge in [-0.25, -0.2) is 0 Å². The van der Waals surface area contributed by atoms with E-state index >= 15 is 0 Å². The molecule has 6 heteroatoms. The van der Waals surface area contributed by atoms with Crippen LogP contribution in [0.25, 0.3) is 0 Å².